The summed E-state index contributed by atoms with van der Waals surface area (Å²) >= 11 is 0. The maximum absolute atomic E-state index is 12.2. The Morgan fingerprint density at radius 3 is 2.22 bits per heavy atom. The summed E-state index contributed by atoms with van der Waals surface area (Å²) < 4.78 is 32.4. The molecule has 23 heavy (non-hydrogen) atoms. The summed E-state index contributed by atoms with van der Waals surface area (Å²) in [6.45, 7) is 12.5. The van der Waals surface area contributed by atoms with Gasteiger partial charge in [0.15, 0.2) is 0 Å². The molecule has 1 aromatic carbocycles. The van der Waals surface area contributed by atoms with Crippen LogP contribution >= 0.6 is 0 Å². The molecule has 0 aromatic heterocycles. The van der Waals surface area contributed by atoms with Gasteiger partial charge in [-0.3, -0.25) is 0 Å². The summed E-state index contributed by atoms with van der Waals surface area (Å²) in [4.78, 5) is 2.56. The second-order valence-electron chi connectivity index (χ2n) is 5.76. The SMILES string of the molecule is CCN(CC)CCOCCNS(=O)(=O)c1ccc(C(C)C)cc1. The molecule has 0 unspecified atom stereocenters. The van der Waals surface area contributed by atoms with Gasteiger partial charge < -0.3 is 9.64 Å². The molecule has 0 spiro atoms. The number of nitrogens with zero attached hydrogens (tertiary/aromatic N) is 1. The van der Waals surface area contributed by atoms with E-state index in [1.807, 2.05) is 12.1 Å². The fourth-order valence-electron chi connectivity index (χ4n) is 2.20. The normalized spacial score (nSPS) is 12.3. The summed E-state index contributed by atoms with van der Waals surface area (Å²) in [7, 11) is -3.46. The van der Waals surface area contributed by atoms with Gasteiger partial charge in [0.25, 0.3) is 0 Å². The van der Waals surface area contributed by atoms with Gasteiger partial charge in [0.05, 0.1) is 18.1 Å². The number of ether oxygens (including phenoxy) is 1. The highest BCUT2D eigenvalue weighted by Crippen LogP contribution is 2.17. The highest BCUT2D eigenvalue weighted by molar-refractivity contribution is 7.89. The molecule has 1 rings (SSSR count). The van der Waals surface area contributed by atoms with Crippen molar-refractivity contribution in [2.24, 2.45) is 0 Å². The lowest BCUT2D eigenvalue weighted by Gasteiger charge is -2.17. The Morgan fingerprint density at radius 2 is 1.70 bits per heavy atom. The molecule has 132 valence electrons. The van der Waals surface area contributed by atoms with Gasteiger partial charge in [-0.05, 0) is 36.7 Å². The van der Waals surface area contributed by atoms with E-state index < -0.39 is 10.0 Å². The van der Waals surface area contributed by atoms with E-state index in [4.69, 9.17) is 4.74 Å². The summed E-state index contributed by atoms with van der Waals surface area (Å²) in [6, 6.07) is 7.03. The number of likely N-dealkylation sites (N-methyl/N-ethyl adjacent to an activating group) is 1. The van der Waals surface area contributed by atoms with E-state index in [2.05, 4.69) is 37.3 Å². The zero-order chi connectivity index (χ0) is 17.3. The van der Waals surface area contributed by atoms with Crippen molar-refractivity contribution in [2.45, 2.75) is 38.5 Å². The van der Waals surface area contributed by atoms with Crippen molar-refractivity contribution in [1.29, 1.82) is 0 Å². The first-order valence-electron chi connectivity index (χ1n) is 8.30. The quantitative estimate of drug-likeness (QED) is 0.628. The van der Waals surface area contributed by atoms with Gasteiger partial charge in [0.1, 0.15) is 0 Å². The molecule has 0 aliphatic carbocycles. The van der Waals surface area contributed by atoms with Crippen LogP contribution < -0.4 is 4.72 Å². The summed E-state index contributed by atoms with van der Waals surface area (Å²) in [5.74, 6) is 0.388. The molecule has 0 aliphatic rings. The largest absolute Gasteiger partial charge is 0.379 e. The molecule has 0 saturated heterocycles. The predicted octanol–water partition coefficient (Wildman–Crippen LogP) is 2.45. The van der Waals surface area contributed by atoms with Crippen molar-refractivity contribution in [3.63, 3.8) is 0 Å². The van der Waals surface area contributed by atoms with E-state index in [0.29, 0.717) is 24.0 Å². The van der Waals surface area contributed by atoms with E-state index >= 15 is 0 Å². The first-order chi connectivity index (χ1) is 10.9. The lowest BCUT2D eigenvalue weighted by Crippen LogP contribution is -2.30. The van der Waals surface area contributed by atoms with Crippen molar-refractivity contribution in [3.8, 4) is 0 Å². The summed E-state index contributed by atoms with van der Waals surface area (Å²) in [5.41, 5.74) is 1.13. The minimum atomic E-state index is -3.46. The Labute approximate surface area is 141 Å². The molecule has 0 fully saturated rings. The van der Waals surface area contributed by atoms with Crippen molar-refractivity contribution < 1.29 is 13.2 Å². The van der Waals surface area contributed by atoms with Crippen LogP contribution in [0.1, 0.15) is 39.2 Å². The molecule has 0 heterocycles. The first kappa shape index (κ1) is 20.1. The average molecular weight is 343 g/mol. The fraction of sp³-hybridized carbons (Fsp3) is 0.647. The Kier molecular flexibility index (Phi) is 8.76. The number of benzene rings is 1. The van der Waals surface area contributed by atoms with Gasteiger partial charge in [-0.1, -0.05) is 39.8 Å². The van der Waals surface area contributed by atoms with Crippen LogP contribution in [0.3, 0.4) is 0 Å². The molecule has 0 radical (unpaired) electrons. The van der Waals surface area contributed by atoms with Crippen LogP contribution in [0, 0.1) is 0 Å². The van der Waals surface area contributed by atoms with E-state index in [-0.39, 0.29) is 6.54 Å². The van der Waals surface area contributed by atoms with E-state index in [1.54, 1.807) is 12.1 Å². The lowest BCUT2D eigenvalue weighted by atomic mass is 10.0. The van der Waals surface area contributed by atoms with Gasteiger partial charge in [0, 0.05) is 13.1 Å². The van der Waals surface area contributed by atoms with Crippen LogP contribution in [-0.4, -0.2) is 52.7 Å². The monoisotopic (exact) mass is 342 g/mol. The van der Waals surface area contributed by atoms with Crippen LogP contribution in [0.4, 0.5) is 0 Å². The zero-order valence-corrected chi connectivity index (χ0v) is 15.5. The van der Waals surface area contributed by atoms with Crippen molar-refractivity contribution in [2.75, 3.05) is 39.4 Å². The molecule has 1 N–H and O–H groups in total. The van der Waals surface area contributed by atoms with E-state index in [9.17, 15) is 8.42 Å². The highest BCUT2D eigenvalue weighted by atomic mass is 32.2. The third kappa shape index (κ3) is 6.99. The Balaban J connectivity index is 2.35. The van der Waals surface area contributed by atoms with Crippen LogP contribution in [0.2, 0.25) is 0 Å². The second kappa shape index (κ2) is 10.0. The molecule has 5 nitrogen and oxygen atoms in total. The summed E-state index contributed by atoms with van der Waals surface area (Å²) in [5, 5.41) is 0. The van der Waals surface area contributed by atoms with Gasteiger partial charge in [0.2, 0.25) is 10.0 Å². The molecular weight excluding hydrogens is 312 g/mol. The summed E-state index contributed by atoms with van der Waals surface area (Å²) in [6.07, 6.45) is 0. The number of hydrogen-bond donors (Lipinski definition) is 1. The molecule has 1 aromatic rings. The maximum atomic E-state index is 12.2. The molecule has 6 heteroatoms. The third-order valence-electron chi connectivity index (χ3n) is 3.84. The number of sulfonamides is 1. The van der Waals surface area contributed by atoms with Crippen molar-refractivity contribution in [1.82, 2.24) is 9.62 Å². The number of rotatable bonds is 11. The topological polar surface area (TPSA) is 58.6 Å². The average Bonchev–Trinajstić information content (AvgIpc) is 2.54. The van der Waals surface area contributed by atoms with Crippen LogP contribution in [0.5, 0.6) is 0 Å². The van der Waals surface area contributed by atoms with E-state index in [1.165, 1.54) is 0 Å². The van der Waals surface area contributed by atoms with Crippen molar-refractivity contribution in [3.05, 3.63) is 29.8 Å². The Hall–Kier alpha value is -0.950. The standard InChI is InChI=1S/C17H30N2O3S/c1-5-19(6-2)12-14-22-13-11-18-23(20,21)17-9-7-16(8-10-17)15(3)4/h7-10,15,18H,5-6,11-14H2,1-4H3. The molecule has 0 amide bonds. The second-order valence-corrected chi connectivity index (χ2v) is 7.53. The minimum Gasteiger partial charge on any atom is -0.379 e. The molecular formula is C17H30N2O3S. The van der Waals surface area contributed by atoms with Gasteiger partial charge in [-0.2, -0.15) is 0 Å². The van der Waals surface area contributed by atoms with Crippen molar-refractivity contribution >= 4 is 10.0 Å². The third-order valence-corrected chi connectivity index (χ3v) is 5.32. The fourth-order valence-corrected chi connectivity index (χ4v) is 3.21. The van der Waals surface area contributed by atoms with Crippen LogP contribution in [-0.2, 0) is 14.8 Å². The predicted molar refractivity (Wildman–Crippen MR) is 94.3 cm³/mol. The zero-order valence-electron chi connectivity index (χ0n) is 14.7. The maximum Gasteiger partial charge on any atom is 0.240 e. The molecule has 0 atom stereocenters. The van der Waals surface area contributed by atoms with Gasteiger partial charge in [-0.25, -0.2) is 13.1 Å². The minimum absolute atomic E-state index is 0.284. The highest BCUT2D eigenvalue weighted by Gasteiger charge is 2.13. The molecule has 0 aliphatic heterocycles. The van der Waals surface area contributed by atoms with Gasteiger partial charge >= 0.3 is 0 Å². The Morgan fingerprint density at radius 1 is 1.09 bits per heavy atom. The molecule has 0 saturated carbocycles. The smallest absolute Gasteiger partial charge is 0.240 e. The number of hydrogen-bond acceptors (Lipinski definition) is 4. The molecule has 0 bridgehead atoms. The van der Waals surface area contributed by atoms with Crippen LogP contribution in [0.15, 0.2) is 29.2 Å². The van der Waals surface area contributed by atoms with Gasteiger partial charge in [-0.15, -0.1) is 0 Å². The number of nitrogens with one attached hydrogen (secondary N) is 1. The first-order valence-corrected chi connectivity index (χ1v) is 9.78. The lowest BCUT2D eigenvalue weighted by molar-refractivity contribution is 0.111. The van der Waals surface area contributed by atoms with E-state index in [0.717, 1.165) is 25.2 Å². The van der Waals surface area contributed by atoms with Crippen LogP contribution in [0.25, 0.3) is 0 Å². The Bertz CT molecular complexity index is 537.